The van der Waals surface area contributed by atoms with E-state index in [4.69, 9.17) is 0 Å². The van der Waals surface area contributed by atoms with Gasteiger partial charge in [0.05, 0.1) is 11.4 Å². The maximum absolute atomic E-state index is 12.7. The Bertz CT molecular complexity index is 640. The van der Waals surface area contributed by atoms with E-state index in [-0.39, 0.29) is 12.5 Å². The van der Waals surface area contributed by atoms with Gasteiger partial charge in [-0.15, -0.1) is 11.3 Å². The Hall–Kier alpha value is -1.63. The predicted octanol–water partition coefficient (Wildman–Crippen LogP) is 3.70. The van der Waals surface area contributed by atoms with Crippen molar-refractivity contribution in [2.45, 2.75) is 31.5 Å². The van der Waals surface area contributed by atoms with Gasteiger partial charge < -0.3 is 0 Å². The van der Waals surface area contributed by atoms with Crippen LogP contribution in [0.5, 0.6) is 0 Å². The summed E-state index contributed by atoms with van der Waals surface area (Å²) in [7, 11) is 0. The maximum atomic E-state index is 12.7. The van der Waals surface area contributed by atoms with E-state index in [0.29, 0.717) is 10.6 Å². The van der Waals surface area contributed by atoms with Crippen LogP contribution in [0.25, 0.3) is 0 Å². The molecule has 2 aromatic rings. The van der Waals surface area contributed by atoms with E-state index in [2.05, 4.69) is 5.10 Å². The molecule has 3 nitrogen and oxygen atoms in total. The molecule has 1 fully saturated rings. The SMILES string of the molecule is O=Cc1cc(Cn2nc(C(F)(F)F)cc2C2CC2)cs1. The number of alkyl halides is 3. The average Bonchev–Trinajstić information content (AvgIpc) is 2.97. The Labute approximate surface area is 117 Å². The van der Waals surface area contributed by atoms with E-state index < -0.39 is 11.9 Å². The van der Waals surface area contributed by atoms with Crippen LogP contribution in [0, 0.1) is 0 Å². The van der Waals surface area contributed by atoms with Crippen LogP contribution >= 0.6 is 11.3 Å². The van der Waals surface area contributed by atoms with Crippen LogP contribution in [0.2, 0.25) is 0 Å². The molecule has 0 unspecified atom stereocenters. The highest BCUT2D eigenvalue weighted by Gasteiger charge is 2.37. The van der Waals surface area contributed by atoms with Gasteiger partial charge in [-0.3, -0.25) is 9.48 Å². The number of halogens is 3. The van der Waals surface area contributed by atoms with Gasteiger partial charge in [-0.1, -0.05) is 0 Å². The lowest BCUT2D eigenvalue weighted by molar-refractivity contribution is -0.141. The summed E-state index contributed by atoms with van der Waals surface area (Å²) in [6, 6.07) is 2.83. The molecule has 3 rings (SSSR count). The highest BCUT2D eigenvalue weighted by atomic mass is 32.1. The molecule has 2 heterocycles. The Morgan fingerprint density at radius 3 is 2.70 bits per heavy atom. The standard InChI is InChI=1S/C13H11F3N2OS/c14-13(15,16)12-4-11(9-1-2-9)18(17-12)5-8-3-10(6-19)20-7-8/h3-4,6-7,9H,1-2,5H2. The van der Waals surface area contributed by atoms with Gasteiger partial charge in [-0.2, -0.15) is 18.3 Å². The Morgan fingerprint density at radius 2 is 2.15 bits per heavy atom. The summed E-state index contributed by atoms with van der Waals surface area (Å²) < 4.78 is 39.6. The van der Waals surface area contributed by atoms with Gasteiger partial charge in [-0.25, -0.2) is 0 Å². The third-order valence-electron chi connectivity index (χ3n) is 3.22. The summed E-state index contributed by atoms with van der Waals surface area (Å²) in [6.07, 6.45) is -1.86. The molecule has 2 aromatic heterocycles. The van der Waals surface area contributed by atoms with Gasteiger partial charge >= 0.3 is 6.18 Å². The minimum atomic E-state index is -4.42. The number of hydrogen-bond acceptors (Lipinski definition) is 3. The fourth-order valence-electron chi connectivity index (χ4n) is 2.12. The molecule has 1 aliphatic carbocycles. The molecule has 0 aliphatic heterocycles. The van der Waals surface area contributed by atoms with Crippen LogP contribution in [0.1, 0.15) is 45.4 Å². The zero-order valence-electron chi connectivity index (χ0n) is 10.4. The molecule has 0 spiro atoms. The lowest BCUT2D eigenvalue weighted by atomic mass is 10.2. The summed E-state index contributed by atoms with van der Waals surface area (Å²) in [5, 5.41) is 5.45. The zero-order valence-corrected chi connectivity index (χ0v) is 11.2. The molecular weight excluding hydrogens is 289 g/mol. The van der Waals surface area contributed by atoms with Crippen molar-refractivity contribution < 1.29 is 18.0 Å². The van der Waals surface area contributed by atoms with Gasteiger partial charge in [0.25, 0.3) is 0 Å². The first kappa shape index (κ1) is 13.4. The second kappa shape index (κ2) is 4.73. The zero-order chi connectivity index (χ0) is 14.3. The van der Waals surface area contributed by atoms with Crippen LogP contribution in [-0.4, -0.2) is 16.1 Å². The molecule has 20 heavy (non-hydrogen) atoms. The van der Waals surface area contributed by atoms with Gasteiger partial charge in [0, 0.05) is 11.6 Å². The van der Waals surface area contributed by atoms with Crippen molar-refractivity contribution in [2.24, 2.45) is 0 Å². The smallest absolute Gasteiger partial charge is 0.297 e. The summed E-state index contributed by atoms with van der Waals surface area (Å²) in [6.45, 7) is 0.270. The molecule has 1 saturated carbocycles. The highest BCUT2D eigenvalue weighted by molar-refractivity contribution is 7.11. The van der Waals surface area contributed by atoms with Gasteiger partial charge in [0.15, 0.2) is 12.0 Å². The Balaban J connectivity index is 1.91. The highest BCUT2D eigenvalue weighted by Crippen LogP contribution is 2.42. The lowest BCUT2D eigenvalue weighted by Crippen LogP contribution is -2.09. The Kier molecular flexibility index (Phi) is 3.16. The Morgan fingerprint density at radius 1 is 1.40 bits per heavy atom. The average molecular weight is 300 g/mol. The molecule has 1 aliphatic rings. The van der Waals surface area contributed by atoms with Crippen molar-refractivity contribution in [1.82, 2.24) is 9.78 Å². The normalized spacial score (nSPS) is 15.6. The van der Waals surface area contributed by atoms with Crippen LogP contribution < -0.4 is 0 Å². The van der Waals surface area contributed by atoms with Crippen molar-refractivity contribution >= 4 is 17.6 Å². The quantitative estimate of drug-likeness (QED) is 0.807. The first-order chi connectivity index (χ1) is 9.47. The van der Waals surface area contributed by atoms with Crippen molar-refractivity contribution in [3.8, 4) is 0 Å². The molecule has 0 bridgehead atoms. The molecule has 0 aromatic carbocycles. The maximum Gasteiger partial charge on any atom is 0.435 e. The first-order valence-corrected chi connectivity index (χ1v) is 7.03. The minimum absolute atomic E-state index is 0.183. The molecule has 0 amide bonds. The third-order valence-corrected chi connectivity index (χ3v) is 4.13. The van der Waals surface area contributed by atoms with E-state index in [9.17, 15) is 18.0 Å². The van der Waals surface area contributed by atoms with Crippen LogP contribution in [0.15, 0.2) is 17.5 Å². The monoisotopic (exact) mass is 300 g/mol. The molecular formula is C13H11F3N2OS. The number of carbonyl (C=O) groups excluding carboxylic acids is 1. The summed E-state index contributed by atoms with van der Waals surface area (Å²) >= 11 is 1.28. The number of nitrogens with zero attached hydrogens (tertiary/aromatic N) is 2. The summed E-state index contributed by atoms with van der Waals surface area (Å²) in [5.74, 6) is 0.183. The van der Waals surface area contributed by atoms with E-state index in [0.717, 1.165) is 30.8 Å². The minimum Gasteiger partial charge on any atom is -0.297 e. The number of rotatable bonds is 4. The largest absolute Gasteiger partial charge is 0.435 e. The third kappa shape index (κ3) is 2.63. The van der Waals surface area contributed by atoms with Crippen LogP contribution in [-0.2, 0) is 12.7 Å². The fourth-order valence-corrected chi connectivity index (χ4v) is 2.82. The molecule has 0 radical (unpaired) electrons. The van der Waals surface area contributed by atoms with Gasteiger partial charge in [-0.05, 0) is 35.9 Å². The van der Waals surface area contributed by atoms with E-state index in [1.54, 1.807) is 11.4 Å². The fraction of sp³-hybridized carbons (Fsp3) is 0.385. The van der Waals surface area contributed by atoms with Gasteiger partial charge in [0.1, 0.15) is 0 Å². The molecule has 0 saturated heterocycles. The summed E-state index contributed by atoms with van der Waals surface area (Å²) in [4.78, 5) is 11.2. The van der Waals surface area contributed by atoms with Crippen molar-refractivity contribution in [3.05, 3.63) is 39.3 Å². The number of hydrogen-bond donors (Lipinski definition) is 0. The number of carbonyl (C=O) groups is 1. The van der Waals surface area contributed by atoms with Crippen LogP contribution in [0.4, 0.5) is 13.2 Å². The molecule has 0 N–H and O–H groups in total. The number of aromatic nitrogens is 2. The second-order valence-corrected chi connectivity index (χ2v) is 5.80. The molecule has 106 valence electrons. The first-order valence-electron chi connectivity index (χ1n) is 6.15. The van der Waals surface area contributed by atoms with Crippen molar-refractivity contribution in [2.75, 3.05) is 0 Å². The lowest BCUT2D eigenvalue weighted by Gasteiger charge is -2.05. The van der Waals surface area contributed by atoms with E-state index in [1.807, 2.05) is 0 Å². The van der Waals surface area contributed by atoms with Gasteiger partial charge in [0.2, 0.25) is 0 Å². The van der Waals surface area contributed by atoms with E-state index >= 15 is 0 Å². The predicted molar refractivity (Wildman–Crippen MR) is 68.0 cm³/mol. The van der Waals surface area contributed by atoms with E-state index in [1.165, 1.54) is 16.0 Å². The number of aldehydes is 1. The van der Waals surface area contributed by atoms with Crippen molar-refractivity contribution in [3.63, 3.8) is 0 Å². The summed E-state index contributed by atoms with van der Waals surface area (Å²) in [5.41, 5.74) is 0.595. The van der Waals surface area contributed by atoms with Crippen molar-refractivity contribution in [1.29, 1.82) is 0 Å². The van der Waals surface area contributed by atoms with Crippen LogP contribution in [0.3, 0.4) is 0 Å². The topological polar surface area (TPSA) is 34.9 Å². The molecule has 7 heteroatoms. The molecule has 0 atom stereocenters. The second-order valence-electron chi connectivity index (χ2n) is 4.86. The number of thiophene rings is 1.